The predicted molar refractivity (Wildman–Crippen MR) is 63.6 cm³/mol. The van der Waals surface area contributed by atoms with Gasteiger partial charge in [0.25, 0.3) is 0 Å². The van der Waals surface area contributed by atoms with Crippen LogP contribution in [0.5, 0.6) is 5.75 Å². The Kier molecular flexibility index (Phi) is 4.19. The van der Waals surface area contributed by atoms with Crippen molar-refractivity contribution < 1.29 is 9.84 Å². The van der Waals surface area contributed by atoms with Gasteiger partial charge in [-0.15, -0.1) is 0 Å². The number of benzene rings is 1. The van der Waals surface area contributed by atoms with Crippen molar-refractivity contribution in [2.24, 2.45) is 0 Å². The van der Waals surface area contributed by atoms with Gasteiger partial charge in [0.05, 0.1) is 6.10 Å². The molecule has 0 aliphatic carbocycles. The predicted octanol–water partition coefficient (Wildman–Crippen LogP) is 1.52. The normalized spacial score (nSPS) is 21.9. The lowest BCUT2D eigenvalue weighted by atomic mass is 10.1. The summed E-state index contributed by atoms with van der Waals surface area (Å²) in [6, 6.07) is 9.85. The van der Waals surface area contributed by atoms with Crippen molar-refractivity contribution >= 4 is 0 Å². The first-order valence-electron chi connectivity index (χ1n) is 5.93. The summed E-state index contributed by atoms with van der Waals surface area (Å²) in [5.41, 5.74) is 0. The van der Waals surface area contributed by atoms with Gasteiger partial charge in [-0.05, 0) is 31.5 Å². The fraction of sp³-hybridized carbons (Fsp3) is 0.538. The lowest BCUT2D eigenvalue weighted by molar-refractivity contribution is 0.0633. The van der Waals surface area contributed by atoms with Crippen LogP contribution in [0.25, 0.3) is 0 Å². The molecule has 0 saturated carbocycles. The van der Waals surface area contributed by atoms with Gasteiger partial charge in [-0.3, -0.25) is 4.90 Å². The number of hydrogen-bond donors (Lipinski definition) is 1. The molecule has 0 radical (unpaired) electrons. The van der Waals surface area contributed by atoms with Gasteiger partial charge in [-0.2, -0.15) is 0 Å². The molecule has 1 aliphatic heterocycles. The summed E-state index contributed by atoms with van der Waals surface area (Å²) in [6.07, 6.45) is 1.88. The van der Waals surface area contributed by atoms with E-state index in [4.69, 9.17) is 4.74 Å². The van der Waals surface area contributed by atoms with Crippen molar-refractivity contribution in [1.82, 2.24) is 4.90 Å². The number of hydrogen-bond acceptors (Lipinski definition) is 3. The van der Waals surface area contributed by atoms with Gasteiger partial charge in [0.2, 0.25) is 0 Å². The average molecular weight is 221 g/mol. The van der Waals surface area contributed by atoms with Crippen molar-refractivity contribution in [3.05, 3.63) is 30.3 Å². The minimum Gasteiger partial charge on any atom is -0.492 e. The molecule has 3 heteroatoms. The molecule has 0 bridgehead atoms. The fourth-order valence-corrected chi connectivity index (χ4v) is 2.04. The molecule has 1 N–H and O–H groups in total. The van der Waals surface area contributed by atoms with Gasteiger partial charge in [0.15, 0.2) is 0 Å². The second kappa shape index (κ2) is 5.87. The lowest BCUT2D eigenvalue weighted by Crippen LogP contribution is -2.40. The van der Waals surface area contributed by atoms with Gasteiger partial charge in [0, 0.05) is 13.1 Å². The molecule has 0 amide bonds. The largest absolute Gasteiger partial charge is 0.492 e. The second-order valence-corrected chi connectivity index (χ2v) is 4.26. The summed E-state index contributed by atoms with van der Waals surface area (Å²) in [6.45, 7) is 3.45. The summed E-state index contributed by atoms with van der Waals surface area (Å²) in [5.74, 6) is 0.917. The van der Waals surface area contributed by atoms with E-state index < -0.39 is 0 Å². The second-order valence-electron chi connectivity index (χ2n) is 4.26. The highest BCUT2D eigenvalue weighted by Crippen LogP contribution is 2.11. The fourth-order valence-electron chi connectivity index (χ4n) is 2.04. The number of nitrogens with zero attached hydrogens (tertiary/aromatic N) is 1. The Morgan fingerprint density at radius 2 is 2.12 bits per heavy atom. The summed E-state index contributed by atoms with van der Waals surface area (Å²) in [7, 11) is 0. The van der Waals surface area contributed by atoms with Crippen molar-refractivity contribution in [3.63, 3.8) is 0 Å². The SMILES string of the molecule is OC1CCCN(CCOc2ccccc2)C1. The lowest BCUT2D eigenvalue weighted by Gasteiger charge is -2.29. The van der Waals surface area contributed by atoms with E-state index in [0.29, 0.717) is 6.61 Å². The Morgan fingerprint density at radius 1 is 1.31 bits per heavy atom. The van der Waals surface area contributed by atoms with Gasteiger partial charge in [0.1, 0.15) is 12.4 Å². The zero-order valence-electron chi connectivity index (χ0n) is 9.51. The maximum atomic E-state index is 9.51. The van der Waals surface area contributed by atoms with Crippen LogP contribution in [0.3, 0.4) is 0 Å². The zero-order chi connectivity index (χ0) is 11.2. The van der Waals surface area contributed by atoms with Crippen molar-refractivity contribution in [1.29, 1.82) is 0 Å². The van der Waals surface area contributed by atoms with Crippen LogP contribution in [-0.2, 0) is 0 Å². The highest BCUT2D eigenvalue weighted by Gasteiger charge is 2.16. The number of ether oxygens (including phenoxy) is 1. The summed E-state index contributed by atoms with van der Waals surface area (Å²) < 4.78 is 5.62. The Balaban J connectivity index is 1.68. The Bertz CT molecular complexity index is 302. The Labute approximate surface area is 96.6 Å². The molecule has 1 aromatic carbocycles. The standard InChI is InChI=1S/C13H19NO2/c15-12-5-4-8-14(11-12)9-10-16-13-6-2-1-3-7-13/h1-3,6-7,12,15H,4-5,8-11H2. The van der Waals surface area contributed by atoms with E-state index in [0.717, 1.165) is 38.2 Å². The van der Waals surface area contributed by atoms with Gasteiger partial charge in [-0.25, -0.2) is 0 Å². The quantitative estimate of drug-likeness (QED) is 0.836. The number of likely N-dealkylation sites (tertiary alicyclic amines) is 1. The maximum absolute atomic E-state index is 9.51. The third kappa shape index (κ3) is 3.51. The zero-order valence-corrected chi connectivity index (χ0v) is 9.51. The molecule has 1 aromatic rings. The number of para-hydroxylation sites is 1. The monoisotopic (exact) mass is 221 g/mol. The molecule has 1 aliphatic rings. The number of aliphatic hydroxyl groups excluding tert-OH is 1. The number of rotatable bonds is 4. The van der Waals surface area contributed by atoms with E-state index in [1.165, 1.54) is 0 Å². The first-order valence-corrected chi connectivity index (χ1v) is 5.93. The molecule has 3 nitrogen and oxygen atoms in total. The van der Waals surface area contributed by atoms with E-state index in [9.17, 15) is 5.11 Å². The number of aliphatic hydroxyl groups is 1. The molecule has 1 unspecified atom stereocenters. The topological polar surface area (TPSA) is 32.7 Å². The molecule has 1 atom stereocenters. The van der Waals surface area contributed by atoms with E-state index >= 15 is 0 Å². The van der Waals surface area contributed by atoms with E-state index in [1.54, 1.807) is 0 Å². The van der Waals surface area contributed by atoms with Crippen LogP contribution in [0.15, 0.2) is 30.3 Å². The van der Waals surface area contributed by atoms with E-state index in [2.05, 4.69) is 4.90 Å². The summed E-state index contributed by atoms with van der Waals surface area (Å²) >= 11 is 0. The minimum absolute atomic E-state index is 0.148. The van der Waals surface area contributed by atoms with Gasteiger partial charge in [-0.1, -0.05) is 18.2 Å². The van der Waals surface area contributed by atoms with Crippen LogP contribution in [0.1, 0.15) is 12.8 Å². The van der Waals surface area contributed by atoms with Crippen LogP contribution in [0.2, 0.25) is 0 Å². The molecule has 2 rings (SSSR count). The molecule has 88 valence electrons. The van der Waals surface area contributed by atoms with Crippen LogP contribution >= 0.6 is 0 Å². The molecular weight excluding hydrogens is 202 g/mol. The number of piperidine rings is 1. The molecule has 1 fully saturated rings. The molecular formula is C13H19NO2. The number of β-amino-alcohol motifs (C(OH)–C–C–N with tert-alkyl or cyclic N) is 1. The summed E-state index contributed by atoms with van der Waals surface area (Å²) in [5, 5.41) is 9.51. The van der Waals surface area contributed by atoms with E-state index in [-0.39, 0.29) is 6.10 Å². The van der Waals surface area contributed by atoms with Crippen molar-refractivity contribution in [2.45, 2.75) is 18.9 Å². The third-order valence-electron chi connectivity index (χ3n) is 2.90. The van der Waals surface area contributed by atoms with Crippen molar-refractivity contribution in [2.75, 3.05) is 26.2 Å². The van der Waals surface area contributed by atoms with Crippen LogP contribution in [0.4, 0.5) is 0 Å². The molecule has 1 heterocycles. The Hall–Kier alpha value is -1.06. The van der Waals surface area contributed by atoms with Crippen molar-refractivity contribution in [3.8, 4) is 5.75 Å². The highest BCUT2D eigenvalue weighted by molar-refractivity contribution is 5.20. The first kappa shape index (κ1) is 11.4. The average Bonchev–Trinajstić information content (AvgIpc) is 2.30. The van der Waals surface area contributed by atoms with Crippen LogP contribution < -0.4 is 4.74 Å². The molecule has 1 saturated heterocycles. The summed E-state index contributed by atoms with van der Waals surface area (Å²) in [4.78, 5) is 2.26. The first-order chi connectivity index (χ1) is 7.84. The molecule has 0 spiro atoms. The van der Waals surface area contributed by atoms with Crippen LogP contribution in [-0.4, -0.2) is 42.4 Å². The van der Waals surface area contributed by atoms with Gasteiger partial charge < -0.3 is 9.84 Å². The van der Waals surface area contributed by atoms with E-state index in [1.807, 2.05) is 30.3 Å². The molecule has 16 heavy (non-hydrogen) atoms. The highest BCUT2D eigenvalue weighted by atomic mass is 16.5. The Morgan fingerprint density at radius 3 is 2.88 bits per heavy atom. The smallest absolute Gasteiger partial charge is 0.119 e. The van der Waals surface area contributed by atoms with Gasteiger partial charge >= 0.3 is 0 Å². The maximum Gasteiger partial charge on any atom is 0.119 e. The minimum atomic E-state index is -0.148. The molecule has 0 aromatic heterocycles. The third-order valence-corrected chi connectivity index (χ3v) is 2.90. The van der Waals surface area contributed by atoms with Crippen LogP contribution in [0, 0.1) is 0 Å².